The summed E-state index contributed by atoms with van der Waals surface area (Å²) in [4.78, 5) is 10.7. The zero-order valence-electron chi connectivity index (χ0n) is 14.4. The quantitative estimate of drug-likeness (QED) is 0.510. The third-order valence-corrected chi connectivity index (χ3v) is 2.31. The molecule has 0 atom stereocenters. The van der Waals surface area contributed by atoms with Crippen LogP contribution in [0.1, 0.15) is 38.1 Å². The van der Waals surface area contributed by atoms with E-state index in [1.165, 1.54) is 7.11 Å². The van der Waals surface area contributed by atoms with Crippen LogP contribution >= 0.6 is 0 Å². The minimum Gasteiger partial charge on any atom is -0.493 e. The van der Waals surface area contributed by atoms with Crippen LogP contribution in [0.15, 0.2) is 55.2 Å². The lowest BCUT2D eigenvalue weighted by Gasteiger charge is -2.11. The van der Waals surface area contributed by atoms with Crippen molar-refractivity contribution < 1.29 is 14.3 Å². The normalized spacial score (nSPS) is 9.23. The van der Waals surface area contributed by atoms with Crippen molar-refractivity contribution in [2.75, 3.05) is 13.7 Å². The predicted octanol–water partition coefficient (Wildman–Crippen LogP) is 5.24. The molecule has 0 spiro atoms. The molecule has 0 bridgehead atoms. The standard InChI is InChI=1S/C15H16O3.2C2H6/c1-4-6-12(5-2)11-18-14-8-7-13(10-16)9-15(14)17-3;2*1-2/h4-10H,1-2,11H2,3H3;2*1-2H3/b12-6+;;. The average molecular weight is 304 g/mol. The number of carbonyl (C=O) groups excluding carboxylic acids is 1. The van der Waals surface area contributed by atoms with Gasteiger partial charge in [0.1, 0.15) is 12.9 Å². The number of aldehydes is 1. The maximum Gasteiger partial charge on any atom is 0.161 e. The number of methoxy groups -OCH3 is 1. The van der Waals surface area contributed by atoms with Crippen LogP contribution in [-0.2, 0) is 0 Å². The molecule has 22 heavy (non-hydrogen) atoms. The van der Waals surface area contributed by atoms with E-state index in [2.05, 4.69) is 13.2 Å². The summed E-state index contributed by atoms with van der Waals surface area (Å²) in [6.45, 7) is 15.7. The molecular formula is C19H28O3. The van der Waals surface area contributed by atoms with Gasteiger partial charge in [-0.3, -0.25) is 4.79 Å². The van der Waals surface area contributed by atoms with Crippen LogP contribution in [0.3, 0.4) is 0 Å². The largest absolute Gasteiger partial charge is 0.493 e. The second kappa shape index (κ2) is 15.1. The lowest BCUT2D eigenvalue weighted by atomic mass is 10.2. The minimum atomic E-state index is 0.367. The predicted molar refractivity (Wildman–Crippen MR) is 95.0 cm³/mol. The van der Waals surface area contributed by atoms with Crippen molar-refractivity contribution in [3.8, 4) is 11.5 Å². The number of hydrogen-bond donors (Lipinski definition) is 0. The smallest absolute Gasteiger partial charge is 0.161 e. The molecule has 0 N–H and O–H groups in total. The van der Waals surface area contributed by atoms with E-state index in [1.54, 1.807) is 30.4 Å². The molecule has 0 saturated heterocycles. The maximum atomic E-state index is 10.7. The highest BCUT2D eigenvalue weighted by molar-refractivity contribution is 5.76. The Morgan fingerprint density at radius 2 is 1.77 bits per heavy atom. The molecule has 0 radical (unpaired) electrons. The summed E-state index contributed by atoms with van der Waals surface area (Å²) in [6.07, 6.45) is 5.96. The number of hydrogen-bond acceptors (Lipinski definition) is 3. The number of carbonyl (C=O) groups is 1. The molecule has 0 unspecified atom stereocenters. The van der Waals surface area contributed by atoms with Crippen molar-refractivity contribution in [3.05, 3.63) is 60.7 Å². The first-order chi connectivity index (χ1) is 10.7. The van der Waals surface area contributed by atoms with E-state index in [0.717, 1.165) is 11.9 Å². The first kappa shape index (κ1) is 22.0. The van der Waals surface area contributed by atoms with Gasteiger partial charge in [0.15, 0.2) is 11.5 Å². The van der Waals surface area contributed by atoms with Gasteiger partial charge in [-0.05, 0) is 23.8 Å². The molecule has 1 aromatic rings. The molecule has 122 valence electrons. The van der Waals surface area contributed by atoms with Crippen molar-refractivity contribution >= 4 is 6.29 Å². The zero-order chi connectivity index (χ0) is 17.4. The third kappa shape index (κ3) is 8.10. The summed E-state index contributed by atoms with van der Waals surface area (Å²) in [5.74, 6) is 1.11. The summed E-state index contributed by atoms with van der Waals surface area (Å²) < 4.78 is 10.8. The van der Waals surface area contributed by atoms with Crippen molar-refractivity contribution in [1.82, 2.24) is 0 Å². The molecule has 0 fully saturated rings. The molecule has 0 aliphatic rings. The van der Waals surface area contributed by atoms with E-state index < -0.39 is 0 Å². The van der Waals surface area contributed by atoms with Crippen LogP contribution < -0.4 is 9.47 Å². The van der Waals surface area contributed by atoms with Crippen LogP contribution in [0.4, 0.5) is 0 Å². The summed E-state index contributed by atoms with van der Waals surface area (Å²) >= 11 is 0. The Bertz CT molecular complexity index is 474. The van der Waals surface area contributed by atoms with Crippen LogP contribution in [0, 0.1) is 0 Å². The minimum absolute atomic E-state index is 0.367. The summed E-state index contributed by atoms with van der Waals surface area (Å²) in [6, 6.07) is 5.01. The monoisotopic (exact) mass is 304 g/mol. The molecule has 0 heterocycles. The summed E-state index contributed by atoms with van der Waals surface area (Å²) in [5.41, 5.74) is 1.45. The Hall–Kier alpha value is -2.29. The Labute approximate surface area is 135 Å². The molecule has 0 aromatic heterocycles. The highest BCUT2D eigenvalue weighted by Crippen LogP contribution is 2.27. The van der Waals surface area contributed by atoms with E-state index in [1.807, 2.05) is 33.8 Å². The van der Waals surface area contributed by atoms with Crippen molar-refractivity contribution in [1.29, 1.82) is 0 Å². The molecule has 0 amide bonds. The first-order valence-electron chi connectivity index (χ1n) is 7.45. The van der Waals surface area contributed by atoms with Crippen LogP contribution in [0.2, 0.25) is 0 Å². The number of allylic oxidation sites excluding steroid dienone is 2. The fourth-order valence-electron chi connectivity index (χ4n) is 1.36. The molecular weight excluding hydrogens is 276 g/mol. The fraction of sp³-hybridized carbons (Fsp3) is 0.316. The number of ether oxygens (including phenoxy) is 2. The van der Waals surface area contributed by atoms with Crippen LogP contribution in [0.5, 0.6) is 11.5 Å². The van der Waals surface area contributed by atoms with E-state index in [-0.39, 0.29) is 0 Å². The molecule has 0 saturated carbocycles. The van der Waals surface area contributed by atoms with Crippen molar-refractivity contribution in [2.24, 2.45) is 0 Å². The van der Waals surface area contributed by atoms with Gasteiger partial charge >= 0.3 is 0 Å². The molecule has 3 heteroatoms. The SMILES string of the molecule is C=C/C=C(\C=C)COc1ccc(C=O)cc1OC.CC.CC. The second-order valence-corrected chi connectivity index (χ2v) is 3.50. The number of rotatable bonds is 7. The Balaban J connectivity index is 0. The third-order valence-electron chi connectivity index (χ3n) is 2.31. The Kier molecular flexibility index (Phi) is 15.1. The summed E-state index contributed by atoms with van der Waals surface area (Å²) in [7, 11) is 1.53. The number of benzene rings is 1. The van der Waals surface area contributed by atoms with Gasteiger partial charge in [-0.15, -0.1) is 0 Å². The topological polar surface area (TPSA) is 35.5 Å². The fourth-order valence-corrected chi connectivity index (χ4v) is 1.36. The molecule has 3 nitrogen and oxygen atoms in total. The highest BCUT2D eigenvalue weighted by Gasteiger charge is 2.05. The van der Waals surface area contributed by atoms with Gasteiger partial charge in [0.2, 0.25) is 0 Å². The van der Waals surface area contributed by atoms with Crippen LogP contribution in [-0.4, -0.2) is 20.0 Å². The van der Waals surface area contributed by atoms with E-state index >= 15 is 0 Å². The van der Waals surface area contributed by atoms with Gasteiger partial charge in [0, 0.05) is 5.56 Å². The van der Waals surface area contributed by atoms with Gasteiger partial charge in [0.05, 0.1) is 7.11 Å². The van der Waals surface area contributed by atoms with E-state index in [0.29, 0.717) is 23.7 Å². The van der Waals surface area contributed by atoms with Gasteiger partial charge in [-0.2, -0.15) is 0 Å². The van der Waals surface area contributed by atoms with Crippen molar-refractivity contribution in [2.45, 2.75) is 27.7 Å². The molecule has 0 aliphatic heterocycles. The van der Waals surface area contributed by atoms with Gasteiger partial charge in [0.25, 0.3) is 0 Å². The lowest BCUT2D eigenvalue weighted by molar-refractivity contribution is 0.112. The first-order valence-corrected chi connectivity index (χ1v) is 7.45. The van der Waals surface area contributed by atoms with Gasteiger partial charge in [-0.1, -0.05) is 59.1 Å². The molecule has 0 aliphatic carbocycles. The van der Waals surface area contributed by atoms with E-state index in [9.17, 15) is 4.79 Å². The second-order valence-electron chi connectivity index (χ2n) is 3.50. The van der Waals surface area contributed by atoms with Crippen molar-refractivity contribution in [3.63, 3.8) is 0 Å². The zero-order valence-corrected chi connectivity index (χ0v) is 14.4. The van der Waals surface area contributed by atoms with E-state index in [4.69, 9.17) is 9.47 Å². The molecule has 1 aromatic carbocycles. The van der Waals surface area contributed by atoms with Gasteiger partial charge < -0.3 is 9.47 Å². The highest BCUT2D eigenvalue weighted by atomic mass is 16.5. The Morgan fingerprint density at radius 1 is 1.14 bits per heavy atom. The molecule has 1 rings (SSSR count). The average Bonchev–Trinajstić information content (AvgIpc) is 2.61. The Morgan fingerprint density at radius 3 is 2.23 bits per heavy atom. The van der Waals surface area contributed by atoms with Gasteiger partial charge in [-0.25, -0.2) is 0 Å². The maximum absolute atomic E-state index is 10.7. The van der Waals surface area contributed by atoms with Crippen LogP contribution in [0.25, 0.3) is 0 Å². The summed E-state index contributed by atoms with van der Waals surface area (Å²) in [5, 5.41) is 0. The lowest BCUT2D eigenvalue weighted by Crippen LogP contribution is -2.01.